The number of aromatic amines is 1. The van der Waals surface area contributed by atoms with Gasteiger partial charge in [0.2, 0.25) is 0 Å². The van der Waals surface area contributed by atoms with Crippen LogP contribution >= 0.6 is 11.6 Å². The first-order chi connectivity index (χ1) is 16.0. The molecule has 0 spiro atoms. The number of hydrogen-bond donors (Lipinski definition) is 1. The van der Waals surface area contributed by atoms with Crippen LogP contribution in [0.4, 0.5) is 13.2 Å². The van der Waals surface area contributed by atoms with Gasteiger partial charge in [-0.3, -0.25) is 9.88 Å². The van der Waals surface area contributed by atoms with Crippen molar-refractivity contribution in [1.82, 2.24) is 19.9 Å². The molecular weight excluding hydrogens is 449 g/mol. The number of nitrogens with one attached hydrogen (secondary N) is 1. The molecule has 33 heavy (non-hydrogen) atoms. The Morgan fingerprint density at radius 3 is 2.55 bits per heavy atom. The smallest absolute Gasteiger partial charge is 0.179 e. The molecule has 1 aliphatic heterocycles. The van der Waals surface area contributed by atoms with Gasteiger partial charge in [-0.2, -0.15) is 0 Å². The molecule has 0 radical (unpaired) electrons. The highest BCUT2D eigenvalue weighted by Crippen LogP contribution is 2.46. The number of piperidine rings is 1. The number of rotatable bonds is 4. The molecule has 2 aliphatic rings. The van der Waals surface area contributed by atoms with E-state index in [4.69, 9.17) is 11.6 Å². The quantitative estimate of drug-likeness (QED) is 0.346. The number of imidazole rings is 1. The number of fused-ring (bicyclic) bond motifs is 2. The van der Waals surface area contributed by atoms with Gasteiger partial charge in [0.05, 0.1) is 22.6 Å². The molecule has 4 aromatic rings. The Hall–Kier alpha value is -2.64. The van der Waals surface area contributed by atoms with Crippen molar-refractivity contribution in [3.05, 3.63) is 70.4 Å². The first-order valence-electron chi connectivity index (χ1n) is 11.3. The highest BCUT2D eigenvalue weighted by molar-refractivity contribution is 6.35. The number of H-pyrrole nitrogens is 1. The Labute approximate surface area is 193 Å². The van der Waals surface area contributed by atoms with Crippen molar-refractivity contribution in [2.24, 2.45) is 5.92 Å². The van der Waals surface area contributed by atoms with Gasteiger partial charge in [-0.05, 0) is 80.4 Å². The molecule has 1 aliphatic carbocycles. The maximum absolute atomic E-state index is 13.9. The van der Waals surface area contributed by atoms with Crippen LogP contribution in [0.2, 0.25) is 5.02 Å². The summed E-state index contributed by atoms with van der Waals surface area (Å²) in [6, 6.07) is 7.91. The SMILES string of the molecule is Fc1ccc2nccc(C3CCN(C(c4nc5cc(F)c(F)c(Cl)c5[nH]4)C4CC4)CC3)c2c1. The Balaban J connectivity index is 1.27. The minimum atomic E-state index is -1.05. The summed E-state index contributed by atoms with van der Waals surface area (Å²) >= 11 is 6.04. The van der Waals surface area contributed by atoms with Gasteiger partial charge in [0, 0.05) is 17.6 Å². The highest BCUT2D eigenvalue weighted by Gasteiger charge is 2.40. The molecule has 3 heterocycles. The molecule has 2 fully saturated rings. The average molecular weight is 471 g/mol. The van der Waals surface area contributed by atoms with Gasteiger partial charge in [0.15, 0.2) is 11.6 Å². The molecule has 0 bridgehead atoms. The van der Waals surface area contributed by atoms with E-state index in [9.17, 15) is 13.2 Å². The minimum absolute atomic E-state index is 0.0622. The second kappa shape index (κ2) is 7.99. The van der Waals surface area contributed by atoms with Crippen LogP contribution in [0.15, 0.2) is 36.5 Å². The number of pyridine rings is 1. The summed E-state index contributed by atoms with van der Waals surface area (Å²) in [4.78, 5) is 14.6. The van der Waals surface area contributed by atoms with E-state index in [1.165, 1.54) is 6.07 Å². The van der Waals surface area contributed by atoms with Gasteiger partial charge >= 0.3 is 0 Å². The number of halogens is 4. The molecule has 8 heteroatoms. The van der Waals surface area contributed by atoms with E-state index >= 15 is 0 Å². The topological polar surface area (TPSA) is 44.8 Å². The summed E-state index contributed by atoms with van der Waals surface area (Å²) < 4.78 is 41.7. The molecule has 1 atom stereocenters. The molecule has 2 aromatic heterocycles. The van der Waals surface area contributed by atoms with Gasteiger partial charge in [-0.1, -0.05) is 11.6 Å². The van der Waals surface area contributed by atoms with Crippen LogP contribution in [-0.4, -0.2) is 32.9 Å². The van der Waals surface area contributed by atoms with E-state index in [0.717, 1.165) is 61.3 Å². The lowest BCUT2D eigenvalue weighted by Crippen LogP contribution is -2.37. The Morgan fingerprint density at radius 2 is 1.79 bits per heavy atom. The monoisotopic (exact) mass is 470 g/mol. The fraction of sp³-hybridized carbons (Fsp3) is 0.360. The molecule has 170 valence electrons. The number of likely N-dealkylation sites (tertiary alicyclic amines) is 1. The Kier molecular flexibility index (Phi) is 5.07. The lowest BCUT2D eigenvalue weighted by Gasteiger charge is -2.37. The summed E-state index contributed by atoms with van der Waals surface area (Å²) in [6.07, 6.45) is 5.87. The third kappa shape index (κ3) is 3.67. The van der Waals surface area contributed by atoms with Gasteiger partial charge in [-0.15, -0.1) is 0 Å². The van der Waals surface area contributed by atoms with Crippen molar-refractivity contribution in [2.45, 2.75) is 37.6 Å². The van der Waals surface area contributed by atoms with Gasteiger partial charge in [0.1, 0.15) is 16.7 Å². The zero-order valence-electron chi connectivity index (χ0n) is 17.8. The molecule has 6 rings (SSSR count). The van der Waals surface area contributed by atoms with E-state index < -0.39 is 11.6 Å². The van der Waals surface area contributed by atoms with Gasteiger partial charge in [0.25, 0.3) is 0 Å². The molecule has 4 nitrogen and oxygen atoms in total. The Morgan fingerprint density at radius 1 is 1.00 bits per heavy atom. The lowest BCUT2D eigenvalue weighted by molar-refractivity contribution is 0.131. The van der Waals surface area contributed by atoms with Crippen LogP contribution < -0.4 is 0 Å². The highest BCUT2D eigenvalue weighted by atomic mass is 35.5. The van der Waals surface area contributed by atoms with Crippen molar-refractivity contribution in [2.75, 3.05) is 13.1 Å². The fourth-order valence-corrected chi connectivity index (χ4v) is 5.54. The zero-order valence-corrected chi connectivity index (χ0v) is 18.5. The van der Waals surface area contributed by atoms with Gasteiger partial charge < -0.3 is 4.98 Å². The van der Waals surface area contributed by atoms with Crippen molar-refractivity contribution in [3.8, 4) is 0 Å². The third-order valence-corrected chi connectivity index (χ3v) is 7.44. The third-order valence-electron chi connectivity index (χ3n) is 7.08. The maximum Gasteiger partial charge on any atom is 0.179 e. The molecule has 0 amide bonds. The second-order valence-corrected chi connectivity index (χ2v) is 9.53. The van der Waals surface area contributed by atoms with E-state index in [0.29, 0.717) is 28.7 Å². The molecule has 2 aromatic carbocycles. The van der Waals surface area contributed by atoms with Crippen molar-refractivity contribution >= 4 is 33.5 Å². The summed E-state index contributed by atoms with van der Waals surface area (Å²) in [7, 11) is 0. The fourth-order valence-electron chi connectivity index (χ4n) is 5.31. The summed E-state index contributed by atoms with van der Waals surface area (Å²) in [5, 5.41) is 0.625. The number of hydrogen-bond acceptors (Lipinski definition) is 3. The van der Waals surface area contributed by atoms with Crippen LogP contribution in [0.25, 0.3) is 21.9 Å². The van der Waals surface area contributed by atoms with Crippen LogP contribution in [0.1, 0.15) is 49.0 Å². The predicted octanol–water partition coefficient (Wildman–Crippen LogP) is 6.51. The number of benzene rings is 2. The lowest BCUT2D eigenvalue weighted by atomic mass is 9.86. The first kappa shape index (κ1) is 20.9. The second-order valence-electron chi connectivity index (χ2n) is 9.16. The minimum Gasteiger partial charge on any atom is -0.339 e. The number of nitrogens with zero attached hydrogens (tertiary/aromatic N) is 3. The maximum atomic E-state index is 13.9. The van der Waals surface area contributed by atoms with E-state index in [1.807, 2.05) is 6.07 Å². The van der Waals surface area contributed by atoms with E-state index in [-0.39, 0.29) is 16.9 Å². The normalized spacial score (nSPS) is 18.9. The molecule has 1 saturated carbocycles. The number of aromatic nitrogens is 3. The first-order valence-corrected chi connectivity index (χ1v) is 11.7. The Bertz CT molecular complexity index is 1360. The predicted molar refractivity (Wildman–Crippen MR) is 122 cm³/mol. The van der Waals surface area contributed by atoms with E-state index in [1.54, 1.807) is 18.3 Å². The van der Waals surface area contributed by atoms with Crippen LogP contribution in [0.3, 0.4) is 0 Å². The van der Waals surface area contributed by atoms with Crippen molar-refractivity contribution < 1.29 is 13.2 Å². The van der Waals surface area contributed by atoms with Crippen molar-refractivity contribution in [3.63, 3.8) is 0 Å². The van der Waals surface area contributed by atoms with E-state index in [2.05, 4.69) is 19.9 Å². The van der Waals surface area contributed by atoms with Crippen LogP contribution in [-0.2, 0) is 0 Å². The molecule has 1 unspecified atom stereocenters. The summed E-state index contributed by atoms with van der Waals surface area (Å²) in [5.41, 5.74) is 2.64. The van der Waals surface area contributed by atoms with Gasteiger partial charge in [-0.25, -0.2) is 18.2 Å². The molecule has 1 saturated heterocycles. The molecular formula is C25H22ClF3N4. The zero-order chi connectivity index (χ0) is 22.7. The van der Waals surface area contributed by atoms with Crippen LogP contribution in [0, 0.1) is 23.4 Å². The summed E-state index contributed by atoms with van der Waals surface area (Å²) in [6.45, 7) is 1.72. The largest absolute Gasteiger partial charge is 0.339 e. The van der Waals surface area contributed by atoms with Crippen LogP contribution in [0.5, 0.6) is 0 Å². The average Bonchev–Trinajstić information content (AvgIpc) is 3.57. The summed E-state index contributed by atoms with van der Waals surface area (Å²) in [5.74, 6) is -0.790. The molecule has 1 N–H and O–H groups in total. The standard InChI is InChI=1S/C25H22ClF3N4/c26-21-22(29)18(28)12-20-23(21)32-25(31-20)24(14-1-2-14)33-9-6-13(7-10-33)16-5-8-30-19-4-3-15(27)11-17(16)19/h3-5,8,11-14,24H,1-2,6-7,9-10H2,(H,31,32). The van der Waals surface area contributed by atoms with Crippen molar-refractivity contribution in [1.29, 1.82) is 0 Å².